The smallest absolute Gasteiger partial charge is 0.328 e. The molecule has 1 amide bonds. The van der Waals surface area contributed by atoms with E-state index in [0.717, 1.165) is 6.42 Å². The van der Waals surface area contributed by atoms with Gasteiger partial charge in [0.1, 0.15) is 11.9 Å². The van der Waals surface area contributed by atoms with Crippen LogP contribution in [0.2, 0.25) is 0 Å². The van der Waals surface area contributed by atoms with Gasteiger partial charge < -0.3 is 10.1 Å². The molecular weight excluding hydrogens is 261 g/mol. The van der Waals surface area contributed by atoms with Crippen LogP contribution in [0.5, 0.6) is 0 Å². The van der Waals surface area contributed by atoms with Crippen LogP contribution in [0.15, 0.2) is 24.3 Å². The van der Waals surface area contributed by atoms with Gasteiger partial charge in [0.25, 0.3) is 0 Å². The number of carbonyl (C=O) groups is 2. The van der Waals surface area contributed by atoms with Gasteiger partial charge in [0, 0.05) is 0 Å². The van der Waals surface area contributed by atoms with E-state index >= 15 is 0 Å². The predicted molar refractivity (Wildman–Crippen MR) is 73.5 cm³/mol. The van der Waals surface area contributed by atoms with Crippen molar-refractivity contribution < 1.29 is 18.7 Å². The molecule has 0 heterocycles. The molecule has 2 atom stereocenters. The second-order valence-corrected chi connectivity index (χ2v) is 4.76. The van der Waals surface area contributed by atoms with Crippen LogP contribution in [0.3, 0.4) is 0 Å². The van der Waals surface area contributed by atoms with E-state index in [9.17, 15) is 14.0 Å². The highest BCUT2D eigenvalue weighted by atomic mass is 19.1. The van der Waals surface area contributed by atoms with E-state index in [1.807, 2.05) is 13.8 Å². The topological polar surface area (TPSA) is 55.4 Å². The molecule has 0 fully saturated rings. The maximum atomic E-state index is 12.8. The molecule has 0 bridgehead atoms. The third kappa shape index (κ3) is 4.64. The normalized spacial score (nSPS) is 13.4. The summed E-state index contributed by atoms with van der Waals surface area (Å²) in [6, 6.07) is 5.04. The molecule has 1 aromatic rings. The summed E-state index contributed by atoms with van der Waals surface area (Å²) in [6.07, 6.45) is 0.848. The van der Waals surface area contributed by atoms with E-state index in [-0.39, 0.29) is 24.1 Å². The van der Waals surface area contributed by atoms with E-state index < -0.39 is 12.0 Å². The lowest BCUT2D eigenvalue weighted by atomic mass is 9.99. The Balaban J connectivity index is 2.66. The standard InChI is InChI=1S/C15H20FNO3/c1-4-10(2)14(15(19)20-3)17-13(18)9-11-5-7-12(16)8-6-11/h5-8,10,14H,4,9H2,1-3H3,(H,17,18)/t10-,14-/m1/s1. The predicted octanol–water partition coefficient (Wildman–Crippen LogP) is 2.07. The molecule has 1 rings (SSSR count). The van der Waals surface area contributed by atoms with Gasteiger partial charge in [-0.3, -0.25) is 4.79 Å². The Hall–Kier alpha value is -1.91. The van der Waals surface area contributed by atoms with E-state index in [0.29, 0.717) is 5.56 Å². The van der Waals surface area contributed by atoms with Crippen LogP contribution in [0.4, 0.5) is 4.39 Å². The highest BCUT2D eigenvalue weighted by Crippen LogP contribution is 2.10. The largest absolute Gasteiger partial charge is 0.467 e. The Morgan fingerprint density at radius 1 is 1.30 bits per heavy atom. The molecular formula is C15H20FNO3. The van der Waals surface area contributed by atoms with Crippen LogP contribution in [0.25, 0.3) is 0 Å². The first-order valence-corrected chi connectivity index (χ1v) is 6.59. The monoisotopic (exact) mass is 281 g/mol. The number of hydrogen-bond acceptors (Lipinski definition) is 3. The van der Waals surface area contributed by atoms with Crippen molar-refractivity contribution in [2.75, 3.05) is 7.11 Å². The van der Waals surface area contributed by atoms with Crippen molar-refractivity contribution in [2.24, 2.45) is 5.92 Å². The third-order valence-corrected chi connectivity index (χ3v) is 3.26. The van der Waals surface area contributed by atoms with Crippen LogP contribution in [-0.2, 0) is 20.7 Å². The van der Waals surface area contributed by atoms with Crippen molar-refractivity contribution in [3.05, 3.63) is 35.6 Å². The number of esters is 1. The zero-order valence-corrected chi connectivity index (χ0v) is 12.0. The van der Waals surface area contributed by atoms with Crippen LogP contribution in [-0.4, -0.2) is 25.0 Å². The first-order valence-electron chi connectivity index (χ1n) is 6.59. The van der Waals surface area contributed by atoms with Gasteiger partial charge in [-0.25, -0.2) is 9.18 Å². The summed E-state index contributed by atoms with van der Waals surface area (Å²) < 4.78 is 17.5. The summed E-state index contributed by atoms with van der Waals surface area (Å²) in [7, 11) is 1.30. The van der Waals surface area contributed by atoms with Crippen molar-refractivity contribution in [1.82, 2.24) is 5.32 Å². The number of hydrogen-bond donors (Lipinski definition) is 1. The summed E-state index contributed by atoms with van der Waals surface area (Å²) in [4.78, 5) is 23.6. The molecule has 5 heteroatoms. The number of benzene rings is 1. The van der Waals surface area contributed by atoms with Crippen molar-refractivity contribution in [3.8, 4) is 0 Å². The molecule has 1 N–H and O–H groups in total. The maximum absolute atomic E-state index is 12.8. The van der Waals surface area contributed by atoms with Crippen LogP contribution in [0, 0.1) is 11.7 Å². The lowest BCUT2D eigenvalue weighted by molar-refractivity contribution is -0.146. The van der Waals surface area contributed by atoms with Gasteiger partial charge in [0.15, 0.2) is 0 Å². The summed E-state index contributed by atoms with van der Waals surface area (Å²) in [5, 5.41) is 2.67. The van der Waals surface area contributed by atoms with Gasteiger partial charge in [-0.15, -0.1) is 0 Å². The fraction of sp³-hybridized carbons (Fsp3) is 0.467. The summed E-state index contributed by atoms with van der Waals surface area (Å²) in [5.41, 5.74) is 0.691. The average molecular weight is 281 g/mol. The van der Waals surface area contributed by atoms with Crippen molar-refractivity contribution in [1.29, 1.82) is 0 Å². The molecule has 0 radical (unpaired) electrons. The van der Waals surface area contributed by atoms with Crippen LogP contribution >= 0.6 is 0 Å². The average Bonchev–Trinajstić information content (AvgIpc) is 2.45. The van der Waals surface area contributed by atoms with Crippen LogP contribution < -0.4 is 5.32 Å². The maximum Gasteiger partial charge on any atom is 0.328 e. The molecule has 0 saturated carbocycles. The molecule has 0 aliphatic carbocycles. The molecule has 0 aliphatic heterocycles. The Kier molecular flexibility index (Phi) is 6.15. The zero-order valence-electron chi connectivity index (χ0n) is 12.0. The highest BCUT2D eigenvalue weighted by Gasteiger charge is 2.26. The zero-order chi connectivity index (χ0) is 15.1. The minimum atomic E-state index is -0.655. The van der Waals surface area contributed by atoms with Gasteiger partial charge in [0.2, 0.25) is 5.91 Å². The first kappa shape index (κ1) is 16.1. The van der Waals surface area contributed by atoms with Crippen molar-refractivity contribution in [3.63, 3.8) is 0 Å². The van der Waals surface area contributed by atoms with E-state index in [4.69, 9.17) is 4.74 Å². The van der Waals surface area contributed by atoms with Crippen molar-refractivity contribution >= 4 is 11.9 Å². The van der Waals surface area contributed by atoms with Gasteiger partial charge in [0.05, 0.1) is 13.5 Å². The van der Waals surface area contributed by atoms with Gasteiger partial charge in [-0.2, -0.15) is 0 Å². The molecule has 0 aliphatic rings. The number of methoxy groups -OCH3 is 1. The van der Waals surface area contributed by atoms with Gasteiger partial charge in [-0.05, 0) is 23.6 Å². The third-order valence-electron chi connectivity index (χ3n) is 3.26. The Labute approximate surface area is 118 Å². The summed E-state index contributed by atoms with van der Waals surface area (Å²) >= 11 is 0. The number of carbonyl (C=O) groups excluding carboxylic acids is 2. The summed E-state index contributed by atoms with van der Waals surface area (Å²) in [6.45, 7) is 3.81. The quantitative estimate of drug-likeness (QED) is 0.812. The van der Waals surface area contributed by atoms with E-state index in [1.54, 1.807) is 12.1 Å². The first-order chi connectivity index (χ1) is 9.47. The minimum absolute atomic E-state index is 0.0142. The number of amides is 1. The number of nitrogens with one attached hydrogen (secondary N) is 1. The Bertz CT molecular complexity index is 459. The molecule has 0 aromatic heterocycles. The van der Waals surface area contributed by atoms with Gasteiger partial charge >= 0.3 is 5.97 Å². The van der Waals surface area contributed by atoms with Crippen LogP contribution in [0.1, 0.15) is 25.8 Å². The molecule has 0 spiro atoms. The fourth-order valence-corrected chi connectivity index (χ4v) is 1.81. The second kappa shape index (κ2) is 7.62. The SMILES string of the molecule is CC[C@@H](C)[C@@H](NC(=O)Cc1ccc(F)cc1)C(=O)OC. The lowest BCUT2D eigenvalue weighted by Gasteiger charge is -2.21. The summed E-state index contributed by atoms with van der Waals surface area (Å²) in [5.74, 6) is -1.10. The lowest BCUT2D eigenvalue weighted by Crippen LogP contribution is -2.46. The molecule has 110 valence electrons. The molecule has 20 heavy (non-hydrogen) atoms. The molecule has 4 nitrogen and oxygen atoms in total. The number of rotatable bonds is 6. The minimum Gasteiger partial charge on any atom is -0.467 e. The van der Waals surface area contributed by atoms with Crippen molar-refractivity contribution in [2.45, 2.75) is 32.7 Å². The highest BCUT2D eigenvalue weighted by molar-refractivity contribution is 5.85. The molecule has 0 unspecified atom stereocenters. The molecule has 0 saturated heterocycles. The fourth-order valence-electron chi connectivity index (χ4n) is 1.81. The Morgan fingerprint density at radius 3 is 2.40 bits per heavy atom. The number of ether oxygens (including phenoxy) is 1. The molecule has 1 aromatic carbocycles. The Morgan fingerprint density at radius 2 is 1.90 bits per heavy atom. The number of halogens is 1. The van der Waals surface area contributed by atoms with Gasteiger partial charge in [-0.1, -0.05) is 32.4 Å². The van der Waals surface area contributed by atoms with E-state index in [1.165, 1.54) is 19.2 Å². The second-order valence-electron chi connectivity index (χ2n) is 4.76. The van der Waals surface area contributed by atoms with E-state index in [2.05, 4.69) is 5.32 Å².